The van der Waals surface area contributed by atoms with Crippen LogP contribution in [0.5, 0.6) is 11.5 Å². The van der Waals surface area contributed by atoms with E-state index in [2.05, 4.69) is 5.32 Å². The molecule has 1 amide bonds. The van der Waals surface area contributed by atoms with Crippen molar-refractivity contribution >= 4 is 21.6 Å². The molecule has 2 aromatic carbocycles. The highest BCUT2D eigenvalue weighted by atomic mass is 32.2. The minimum atomic E-state index is -3.71. The number of carbonyl (C=O) groups is 1. The molecule has 2 aromatic rings. The normalized spacial score (nSPS) is 17.4. The number of hydrogen-bond donors (Lipinski definition) is 1. The fraction of sp³-hybridized carbons (Fsp3) is 0.409. The fourth-order valence-corrected chi connectivity index (χ4v) is 4.53. The molecule has 0 aromatic heterocycles. The van der Waals surface area contributed by atoms with Gasteiger partial charge in [0.05, 0.1) is 25.1 Å². The van der Waals surface area contributed by atoms with Gasteiger partial charge in [0.1, 0.15) is 23.6 Å². The molecule has 1 unspecified atom stereocenters. The van der Waals surface area contributed by atoms with Crippen molar-refractivity contribution in [3.8, 4) is 11.5 Å². The quantitative estimate of drug-likeness (QED) is 0.758. The lowest BCUT2D eigenvalue weighted by molar-refractivity contribution is -0.120. The van der Waals surface area contributed by atoms with Gasteiger partial charge in [0.25, 0.3) is 0 Å². The van der Waals surface area contributed by atoms with E-state index in [1.807, 2.05) is 39.0 Å². The summed E-state index contributed by atoms with van der Waals surface area (Å²) in [4.78, 5) is 12.9. The molecule has 1 N–H and O–H groups in total. The second-order valence-electron chi connectivity index (χ2n) is 8.17. The molecule has 7 nitrogen and oxygen atoms in total. The number of benzene rings is 2. The molecule has 162 valence electrons. The number of sulfonamides is 1. The first-order valence-corrected chi connectivity index (χ1v) is 11.5. The Morgan fingerprint density at radius 2 is 1.97 bits per heavy atom. The minimum absolute atomic E-state index is 0.282. The monoisotopic (exact) mass is 432 g/mol. The Balaban J connectivity index is 1.86. The van der Waals surface area contributed by atoms with Crippen LogP contribution in [0.3, 0.4) is 0 Å². The summed E-state index contributed by atoms with van der Waals surface area (Å²) in [6.07, 6.45) is 1.64. The molecule has 1 heterocycles. The molecule has 0 spiro atoms. The standard InChI is InChI=1S/C22H28N2O5S/c1-15-10-11-16-17(13-22(2,3)29-20(16)12-15)23-21(25)14-24(30(5,26)27)18-8-6-7-9-19(18)28-4/h6-12,17H,13-14H2,1-5H3,(H,23,25). The molecule has 0 saturated carbocycles. The molecule has 0 bridgehead atoms. The predicted octanol–water partition coefficient (Wildman–Crippen LogP) is 3.19. The summed E-state index contributed by atoms with van der Waals surface area (Å²) in [6, 6.07) is 12.3. The third-order valence-electron chi connectivity index (χ3n) is 5.00. The number of fused-ring (bicyclic) bond motifs is 1. The van der Waals surface area contributed by atoms with E-state index in [0.29, 0.717) is 17.9 Å². The summed E-state index contributed by atoms with van der Waals surface area (Å²) < 4.78 is 37.3. The average molecular weight is 433 g/mol. The van der Waals surface area contributed by atoms with Crippen molar-refractivity contribution in [3.63, 3.8) is 0 Å². The molecule has 3 rings (SSSR count). The van der Waals surface area contributed by atoms with Crippen LogP contribution in [0.1, 0.15) is 37.4 Å². The molecular formula is C22H28N2O5S. The second kappa shape index (κ2) is 8.18. The van der Waals surface area contributed by atoms with E-state index < -0.39 is 21.5 Å². The van der Waals surface area contributed by atoms with Gasteiger partial charge in [-0.3, -0.25) is 9.10 Å². The van der Waals surface area contributed by atoms with Gasteiger partial charge in [-0.05, 0) is 44.5 Å². The predicted molar refractivity (Wildman–Crippen MR) is 117 cm³/mol. The first-order valence-electron chi connectivity index (χ1n) is 9.70. The fourth-order valence-electron chi connectivity index (χ4n) is 3.67. The Bertz CT molecular complexity index is 1050. The zero-order chi connectivity index (χ0) is 22.1. The van der Waals surface area contributed by atoms with E-state index >= 15 is 0 Å². The first-order chi connectivity index (χ1) is 14.0. The maximum Gasteiger partial charge on any atom is 0.241 e. The van der Waals surface area contributed by atoms with Gasteiger partial charge in [0, 0.05) is 12.0 Å². The number of para-hydroxylation sites is 2. The molecule has 0 saturated heterocycles. The zero-order valence-corrected chi connectivity index (χ0v) is 18.7. The van der Waals surface area contributed by atoms with Crippen LogP contribution in [0.25, 0.3) is 0 Å². The van der Waals surface area contributed by atoms with E-state index in [1.54, 1.807) is 24.3 Å². The van der Waals surface area contributed by atoms with Crippen molar-refractivity contribution in [2.75, 3.05) is 24.2 Å². The van der Waals surface area contributed by atoms with Crippen LogP contribution in [0.4, 0.5) is 5.69 Å². The molecule has 1 aliphatic rings. The van der Waals surface area contributed by atoms with Crippen molar-refractivity contribution in [1.29, 1.82) is 0 Å². The number of methoxy groups -OCH3 is 1. The largest absolute Gasteiger partial charge is 0.495 e. The Morgan fingerprint density at radius 1 is 1.27 bits per heavy atom. The smallest absolute Gasteiger partial charge is 0.241 e. The second-order valence-corrected chi connectivity index (χ2v) is 10.1. The number of hydrogen-bond acceptors (Lipinski definition) is 5. The van der Waals surface area contributed by atoms with Crippen LogP contribution >= 0.6 is 0 Å². The Kier molecular flexibility index (Phi) is 5.99. The Labute approximate surface area is 178 Å². The summed E-state index contributed by atoms with van der Waals surface area (Å²) in [7, 11) is -2.25. The highest BCUT2D eigenvalue weighted by molar-refractivity contribution is 7.92. The lowest BCUT2D eigenvalue weighted by Gasteiger charge is -2.38. The minimum Gasteiger partial charge on any atom is -0.495 e. The summed E-state index contributed by atoms with van der Waals surface area (Å²) in [6.45, 7) is 5.57. The van der Waals surface area contributed by atoms with E-state index in [9.17, 15) is 13.2 Å². The first kappa shape index (κ1) is 22.0. The lowest BCUT2D eigenvalue weighted by Crippen LogP contribution is -2.45. The van der Waals surface area contributed by atoms with Crippen molar-refractivity contribution in [1.82, 2.24) is 5.32 Å². The highest BCUT2D eigenvalue weighted by Crippen LogP contribution is 2.40. The van der Waals surface area contributed by atoms with Gasteiger partial charge in [-0.15, -0.1) is 0 Å². The number of rotatable bonds is 6. The third-order valence-corrected chi connectivity index (χ3v) is 6.13. The third kappa shape index (κ3) is 4.87. The molecule has 0 radical (unpaired) electrons. The summed E-state index contributed by atoms with van der Waals surface area (Å²) >= 11 is 0. The molecule has 30 heavy (non-hydrogen) atoms. The number of nitrogens with one attached hydrogen (secondary N) is 1. The highest BCUT2D eigenvalue weighted by Gasteiger charge is 2.35. The van der Waals surface area contributed by atoms with Gasteiger partial charge in [0.15, 0.2) is 0 Å². The van der Waals surface area contributed by atoms with Crippen molar-refractivity contribution < 1.29 is 22.7 Å². The van der Waals surface area contributed by atoms with Gasteiger partial charge in [-0.25, -0.2) is 8.42 Å². The topological polar surface area (TPSA) is 84.9 Å². The van der Waals surface area contributed by atoms with Crippen molar-refractivity contribution in [2.24, 2.45) is 0 Å². The van der Waals surface area contributed by atoms with E-state index in [-0.39, 0.29) is 12.6 Å². The van der Waals surface area contributed by atoms with E-state index in [4.69, 9.17) is 9.47 Å². The summed E-state index contributed by atoms with van der Waals surface area (Å²) in [5, 5.41) is 2.99. The molecule has 0 aliphatic carbocycles. The SMILES string of the molecule is COc1ccccc1N(CC(=O)NC1CC(C)(C)Oc2cc(C)ccc21)S(C)(=O)=O. The molecule has 1 atom stereocenters. The maximum absolute atomic E-state index is 12.9. The van der Waals surface area contributed by atoms with Gasteiger partial charge in [0.2, 0.25) is 15.9 Å². The Hall–Kier alpha value is -2.74. The van der Waals surface area contributed by atoms with Gasteiger partial charge in [-0.1, -0.05) is 24.3 Å². The molecule has 0 fully saturated rings. The van der Waals surface area contributed by atoms with Crippen LogP contribution in [-0.4, -0.2) is 39.8 Å². The van der Waals surface area contributed by atoms with Crippen LogP contribution in [0.15, 0.2) is 42.5 Å². The van der Waals surface area contributed by atoms with Crippen LogP contribution in [0.2, 0.25) is 0 Å². The van der Waals surface area contributed by atoms with Crippen LogP contribution in [0, 0.1) is 6.92 Å². The Morgan fingerprint density at radius 3 is 2.63 bits per heavy atom. The summed E-state index contributed by atoms with van der Waals surface area (Å²) in [5.41, 5.74) is 1.81. The van der Waals surface area contributed by atoms with E-state index in [1.165, 1.54) is 7.11 Å². The number of carbonyl (C=O) groups excluding carboxylic acids is 1. The molecule has 8 heteroatoms. The number of amides is 1. The van der Waals surface area contributed by atoms with Crippen LogP contribution in [-0.2, 0) is 14.8 Å². The number of anilines is 1. The average Bonchev–Trinajstić information content (AvgIpc) is 2.64. The van der Waals surface area contributed by atoms with Crippen molar-refractivity contribution in [3.05, 3.63) is 53.6 Å². The van der Waals surface area contributed by atoms with Crippen molar-refractivity contribution in [2.45, 2.75) is 38.8 Å². The lowest BCUT2D eigenvalue weighted by atomic mass is 9.89. The van der Waals surface area contributed by atoms with Gasteiger partial charge >= 0.3 is 0 Å². The van der Waals surface area contributed by atoms with Gasteiger partial charge in [-0.2, -0.15) is 0 Å². The summed E-state index contributed by atoms with van der Waals surface area (Å²) in [5.74, 6) is 0.713. The zero-order valence-electron chi connectivity index (χ0n) is 17.9. The maximum atomic E-state index is 12.9. The number of nitrogens with zero attached hydrogens (tertiary/aromatic N) is 1. The van der Waals surface area contributed by atoms with Gasteiger partial charge < -0.3 is 14.8 Å². The van der Waals surface area contributed by atoms with E-state index in [0.717, 1.165) is 27.4 Å². The number of aryl methyl sites for hydroxylation is 1. The van der Waals surface area contributed by atoms with Crippen LogP contribution < -0.4 is 19.1 Å². The number of ether oxygens (including phenoxy) is 2. The molecular weight excluding hydrogens is 404 g/mol. The molecule has 1 aliphatic heterocycles.